The highest BCUT2D eigenvalue weighted by Gasteiger charge is 2.27. The van der Waals surface area contributed by atoms with Crippen LogP contribution < -0.4 is 4.90 Å². The molecule has 116 valence electrons. The Balaban J connectivity index is 2.17. The van der Waals surface area contributed by atoms with Gasteiger partial charge < -0.3 is 19.5 Å². The summed E-state index contributed by atoms with van der Waals surface area (Å²) in [6.07, 6.45) is 1.23. The van der Waals surface area contributed by atoms with Gasteiger partial charge in [-0.05, 0) is 20.8 Å². The maximum Gasteiger partial charge on any atom is 0.341 e. The van der Waals surface area contributed by atoms with Gasteiger partial charge >= 0.3 is 5.97 Å². The van der Waals surface area contributed by atoms with Crippen LogP contribution in [0.1, 0.15) is 29.9 Å². The van der Waals surface area contributed by atoms with E-state index in [1.807, 2.05) is 11.8 Å². The van der Waals surface area contributed by atoms with Crippen LogP contribution in [0.4, 0.5) is 5.95 Å². The Hall–Kier alpha value is -1.73. The molecule has 2 unspecified atom stereocenters. The number of hydrogen-bond donors (Lipinski definition) is 1. The molecule has 1 aliphatic rings. The summed E-state index contributed by atoms with van der Waals surface area (Å²) < 4.78 is 10.5. The van der Waals surface area contributed by atoms with Gasteiger partial charge in [-0.1, -0.05) is 0 Å². The number of nitrogens with zero attached hydrogens (tertiary/aromatic N) is 3. The van der Waals surface area contributed by atoms with Gasteiger partial charge in [0.25, 0.3) is 0 Å². The van der Waals surface area contributed by atoms with Crippen LogP contribution in [-0.2, 0) is 9.47 Å². The van der Waals surface area contributed by atoms with E-state index < -0.39 is 5.97 Å². The lowest BCUT2D eigenvalue weighted by Gasteiger charge is -2.36. The molecule has 2 rings (SSSR count). The number of aliphatic hydroxyl groups excluding tert-OH is 1. The monoisotopic (exact) mass is 295 g/mol. The average Bonchev–Trinajstić information content (AvgIpc) is 2.46. The van der Waals surface area contributed by atoms with Crippen molar-refractivity contribution in [1.82, 2.24) is 9.97 Å². The Morgan fingerprint density at radius 1 is 1.57 bits per heavy atom. The zero-order valence-corrected chi connectivity index (χ0v) is 12.6. The number of aryl methyl sites for hydroxylation is 1. The van der Waals surface area contributed by atoms with E-state index >= 15 is 0 Å². The van der Waals surface area contributed by atoms with Gasteiger partial charge in [0.05, 0.1) is 36.7 Å². The van der Waals surface area contributed by atoms with Crippen LogP contribution in [0, 0.1) is 6.92 Å². The van der Waals surface area contributed by atoms with Crippen molar-refractivity contribution in [3.8, 4) is 0 Å². The first-order chi connectivity index (χ1) is 10.0. The summed E-state index contributed by atoms with van der Waals surface area (Å²) in [4.78, 5) is 22.3. The molecule has 1 saturated heterocycles. The minimum Gasteiger partial charge on any atom is -0.462 e. The maximum atomic E-state index is 11.7. The molecule has 0 spiro atoms. The zero-order valence-electron chi connectivity index (χ0n) is 12.6. The molecule has 0 aromatic carbocycles. The van der Waals surface area contributed by atoms with E-state index in [0.29, 0.717) is 36.9 Å². The summed E-state index contributed by atoms with van der Waals surface area (Å²) in [5.41, 5.74) is 0.957. The topological polar surface area (TPSA) is 84.8 Å². The number of esters is 1. The van der Waals surface area contributed by atoms with Crippen LogP contribution in [0.15, 0.2) is 6.20 Å². The fraction of sp³-hybridized carbons (Fsp3) is 0.643. The van der Waals surface area contributed by atoms with Crippen molar-refractivity contribution in [2.75, 3.05) is 31.2 Å². The highest BCUT2D eigenvalue weighted by atomic mass is 16.5. The third kappa shape index (κ3) is 3.68. The largest absolute Gasteiger partial charge is 0.462 e. The standard InChI is InChI=1S/C14H21N3O4/c1-4-20-13(19)12-5-15-14(16-10(12)3)17-6-9(2)21-11(7-17)8-18/h5,9,11,18H,4,6-8H2,1-3H3. The third-order valence-electron chi connectivity index (χ3n) is 3.27. The molecule has 7 heteroatoms. The normalized spacial score (nSPS) is 22.2. The Morgan fingerprint density at radius 2 is 2.33 bits per heavy atom. The van der Waals surface area contributed by atoms with Crippen molar-refractivity contribution in [3.05, 3.63) is 17.5 Å². The fourth-order valence-corrected chi connectivity index (χ4v) is 2.33. The second kappa shape index (κ2) is 6.82. The van der Waals surface area contributed by atoms with Crippen LogP contribution in [0.5, 0.6) is 0 Å². The van der Waals surface area contributed by atoms with Crippen LogP contribution in [0.2, 0.25) is 0 Å². The first kappa shape index (κ1) is 15.7. The lowest BCUT2D eigenvalue weighted by Crippen LogP contribution is -2.48. The summed E-state index contributed by atoms with van der Waals surface area (Å²) in [6.45, 7) is 6.90. The second-order valence-corrected chi connectivity index (χ2v) is 5.05. The Morgan fingerprint density at radius 3 is 2.95 bits per heavy atom. The van der Waals surface area contributed by atoms with Crippen molar-refractivity contribution >= 4 is 11.9 Å². The molecule has 7 nitrogen and oxygen atoms in total. The summed E-state index contributed by atoms with van der Waals surface area (Å²) in [5.74, 6) is 0.124. The average molecular weight is 295 g/mol. The Bertz CT molecular complexity index is 509. The smallest absolute Gasteiger partial charge is 0.341 e. The molecule has 21 heavy (non-hydrogen) atoms. The van der Waals surface area contributed by atoms with E-state index in [0.717, 1.165) is 0 Å². The molecule has 1 aliphatic heterocycles. The highest BCUT2D eigenvalue weighted by molar-refractivity contribution is 5.90. The van der Waals surface area contributed by atoms with Crippen molar-refractivity contribution < 1.29 is 19.4 Å². The number of carbonyl (C=O) groups is 1. The van der Waals surface area contributed by atoms with E-state index in [9.17, 15) is 9.90 Å². The predicted molar refractivity (Wildman–Crippen MR) is 76.4 cm³/mol. The van der Waals surface area contributed by atoms with Gasteiger partial charge in [-0.2, -0.15) is 0 Å². The van der Waals surface area contributed by atoms with Crippen LogP contribution in [0.25, 0.3) is 0 Å². The summed E-state index contributed by atoms with van der Waals surface area (Å²) >= 11 is 0. The fourth-order valence-electron chi connectivity index (χ4n) is 2.33. The van der Waals surface area contributed by atoms with Crippen molar-refractivity contribution in [2.24, 2.45) is 0 Å². The van der Waals surface area contributed by atoms with E-state index in [4.69, 9.17) is 9.47 Å². The SMILES string of the molecule is CCOC(=O)c1cnc(N2CC(C)OC(CO)C2)nc1C. The minimum atomic E-state index is -0.412. The molecule has 0 bridgehead atoms. The molecule has 0 saturated carbocycles. The van der Waals surface area contributed by atoms with Crippen molar-refractivity contribution in [3.63, 3.8) is 0 Å². The first-order valence-electron chi connectivity index (χ1n) is 7.07. The van der Waals surface area contributed by atoms with E-state index in [1.54, 1.807) is 13.8 Å². The predicted octanol–water partition coefficient (Wildman–Crippen LogP) is 0.548. The molecule has 1 aromatic rings. The van der Waals surface area contributed by atoms with Gasteiger partial charge in [-0.25, -0.2) is 14.8 Å². The van der Waals surface area contributed by atoms with E-state index in [2.05, 4.69) is 9.97 Å². The molecule has 0 radical (unpaired) electrons. The molecule has 0 aliphatic carbocycles. The number of ether oxygens (including phenoxy) is 2. The van der Waals surface area contributed by atoms with E-state index in [1.165, 1.54) is 6.20 Å². The molecule has 1 aromatic heterocycles. The highest BCUT2D eigenvalue weighted by Crippen LogP contribution is 2.18. The summed E-state index contributed by atoms with van der Waals surface area (Å²) in [6, 6.07) is 0. The number of aromatic nitrogens is 2. The number of anilines is 1. The molecular weight excluding hydrogens is 274 g/mol. The lowest BCUT2D eigenvalue weighted by atomic mass is 10.2. The quantitative estimate of drug-likeness (QED) is 0.812. The van der Waals surface area contributed by atoms with Crippen LogP contribution in [-0.4, -0.2) is 59.6 Å². The van der Waals surface area contributed by atoms with Gasteiger partial charge in [0.2, 0.25) is 5.95 Å². The van der Waals surface area contributed by atoms with Crippen molar-refractivity contribution in [2.45, 2.75) is 33.0 Å². The van der Waals surface area contributed by atoms with E-state index in [-0.39, 0.29) is 18.8 Å². The van der Waals surface area contributed by atoms with Crippen LogP contribution >= 0.6 is 0 Å². The molecule has 2 atom stereocenters. The summed E-state index contributed by atoms with van der Waals surface area (Å²) in [7, 11) is 0. The number of morpholine rings is 1. The minimum absolute atomic E-state index is 0.00969. The van der Waals surface area contributed by atoms with Gasteiger partial charge in [-0.3, -0.25) is 0 Å². The third-order valence-corrected chi connectivity index (χ3v) is 3.27. The lowest BCUT2D eigenvalue weighted by molar-refractivity contribution is -0.0425. The van der Waals surface area contributed by atoms with Gasteiger partial charge in [0, 0.05) is 19.3 Å². The zero-order chi connectivity index (χ0) is 15.4. The number of hydrogen-bond acceptors (Lipinski definition) is 7. The second-order valence-electron chi connectivity index (χ2n) is 5.05. The van der Waals surface area contributed by atoms with Gasteiger partial charge in [0.15, 0.2) is 0 Å². The van der Waals surface area contributed by atoms with Gasteiger partial charge in [0.1, 0.15) is 0 Å². The summed E-state index contributed by atoms with van der Waals surface area (Å²) in [5, 5.41) is 9.25. The molecule has 1 fully saturated rings. The number of aliphatic hydroxyl groups is 1. The molecule has 2 heterocycles. The first-order valence-corrected chi connectivity index (χ1v) is 7.07. The molecular formula is C14H21N3O4. The maximum absolute atomic E-state index is 11.7. The number of rotatable bonds is 4. The molecule has 0 amide bonds. The number of carbonyl (C=O) groups excluding carboxylic acids is 1. The Kier molecular flexibility index (Phi) is 5.08. The van der Waals surface area contributed by atoms with Crippen LogP contribution in [0.3, 0.4) is 0 Å². The van der Waals surface area contributed by atoms with Crippen molar-refractivity contribution in [1.29, 1.82) is 0 Å². The van der Waals surface area contributed by atoms with Gasteiger partial charge in [-0.15, -0.1) is 0 Å². The molecule has 1 N–H and O–H groups in total. The Labute approximate surface area is 123 Å².